The lowest BCUT2D eigenvalue weighted by Gasteiger charge is -2.27. The first kappa shape index (κ1) is 23.8. The molecule has 0 aliphatic carbocycles. The average Bonchev–Trinajstić information content (AvgIpc) is 2.70. The Morgan fingerprint density at radius 3 is 2.33 bits per heavy atom. The van der Waals surface area contributed by atoms with Crippen molar-refractivity contribution in [1.82, 2.24) is 4.90 Å². The molecule has 0 heterocycles. The summed E-state index contributed by atoms with van der Waals surface area (Å²) in [5.41, 5.74) is 2.23. The van der Waals surface area contributed by atoms with Gasteiger partial charge in [0.25, 0.3) is 0 Å². The van der Waals surface area contributed by atoms with Crippen molar-refractivity contribution in [2.75, 3.05) is 11.9 Å². The first-order valence-electron chi connectivity index (χ1n) is 10.2. The molecule has 2 amide bonds. The van der Waals surface area contributed by atoms with Gasteiger partial charge in [-0.3, -0.25) is 4.79 Å². The average molecular weight is 429 g/mol. The molecular weight excluding hydrogens is 396 g/mol. The quantitative estimate of drug-likeness (QED) is 0.585. The van der Waals surface area contributed by atoms with Crippen LogP contribution in [0.3, 0.4) is 0 Å². The van der Waals surface area contributed by atoms with Gasteiger partial charge >= 0.3 is 6.09 Å². The third-order valence-electron chi connectivity index (χ3n) is 4.38. The van der Waals surface area contributed by atoms with Gasteiger partial charge in [0.1, 0.15) is 5.60 Å². The van der Waals surface area contributed by atoms with E-state index in [2.05, 4.69) is 17.4 Å². The number of rotatable bonds is 8. The zero-order valence-corrected chi connectivity index (χ0v) is 19.3. The summed E-state index contributed by atoms with van der Waals surface area (Å²) in [5.74, 6) is 0.725. The Balaban J connectivity index is 2.01. The van der Waals surface area contributed by atoms with Gasteiger partial charge in [0.15, 0.2) is 0 Å². The third-order valence-corrected chi connectivity index (χ3v) is 5.60. The summed E-state index contributed by atoms with van der Waals surface area (Å²) in [6.45, 7) is 10.2. The summed E-state index contributed by atoms with van der Waals surface area (Å²) in [7, 11) is 0. The van der Waals surface area contributed by atoms with Crippen molar-refractivity contribution in [3.05, 3.63) is 65.7 Å². The van der Waals surface area contributed by atoms with E-state index >= 15 is 0 Å². The fraction of sp³-hybridized carbons (Fsp3) is 0.417. The van der Waals surface area contributed by atoms with Crippen LogP contribution in [0.25, 0.3) is 0 Å². The maximum Gasteiger partial charge on any atom is 0.410 e. The molecule has 2 aromatic carbocycles. The molecule has 1 atom stereocenters. The number of carbonyl (C=O) groups excluding carboxylic acids is 2. The molecule has 5 nitrogen and oxygen atoms in total. The van der Waals surface area contributed by atoms with Gasteiger partial charge in [0.2, 0.25) is 5.91 Å². The van der Waals surface area contributed by atoms with Crippen LogP contribution in [-0.2, 0) is 21.8 Å². The number of nitrogens with one attached hydrogen (secondary N) is 1. The van der Waals surface area contributed by atoms with Crippen LogP contribution in [0.5, 0.6) is 0 Å². The molecule has 0 saturated heterocycles. The minimum Gasteiger partial charge on any atom is -0.444 e. The van der Waals surface area contributed by atoms with Crippen LogP contribution >= 0.6 is 11.8 Å². The SMILES string of the molecule is CCN(Cc1ccccc1NC(=O)C(C)SCc1ccccc1)C(=O)OC(C)(C)C. The number of amides is 2. The topological polar surface area (TPSA) is 58.6 Å². The number of anilines is 1. The summed E-state index contributed by atoms with van der Waals surface area (Å²) < 4.78 is 5.49. The summed E-state index contributed by atoms with van der Waals surface area (Å²) in [4.78, 5) is 26.8. The molecule has 0 radical (unpaired) electrons. The molecule has 0 fully saturated rings. The molecule has 0 saturated carbocycles. The van der Waals surface area contributed by atoms with Gasteiger partial charge in [-0.05, 0) is 51.8 Å². The van der Waals surface area contributed by atoms with Crippen LogP contribution in [0, 0.1) is 0 Å². The van der Waals surface area contributed by atoms with E-state index in [1.54, 1.807) is 16.7 Å². The highest BCUT2D eigenvalue weighted by molar-refractivity contribution is 7.99. The van der Waals surface area contributed by atoms with Crippen LogP contribution in [0.4, 0.5) is 10.5 Å². The lowest BCUT2D eigenvalue weighted by Crippen LogP contribution is -2.36. The van der Waals surface area contributed by atoms with Crippen molar-refractivity contribution in [3.8, 4) is 0 Å². The number of para-hydroxylation sites is 1. The Hall–Kier alpha value is -2.47. The highest BCUT2D eigenvalue weighted by atomic mass is 32.2. The van der Waals surface area contributed by atoms with Gasteiger partial charge in [-0.2, -0.15) is 0 Å². The Morgan fingerprint density at radius 2 is 1.70 bits per heavy atom. The number of hydrogen-bond acceptors (Lipinski definition) is 4. The number of thioether (sulfide) groups is 1. The number of benzene rings is 2. The molecule has 2 aromatic rings. The largest absolute Gasteiger partial charge is 0.444 e. The Labute approximate surface area is 184 Å². The smallest absolute Gasteiger partial charge is 0.410 e. The highest BCUT2D eigenvalue weighted by Crippen LogP contribution is 2.22. The normalized spacial score (nSPS) is 12.2. The van der Waals surface area contributed by atoms with Crippen LogP contribution < -0.4 is 5.32 Å². The molecule has 0 spiro atoms. The summed E-state index contributed by atoms with van der Waals surface area (Å²) >= 11 is 1.60. The van der Waals surface area contributed by atoms with E-state index in [4.69, 9.17) is 4.74 Å². The molecule has 2 rings (SSSR count). The second-order valence-electron chi connectivity index (χ2n) is 8.08. The fourth-order valence-corrected chi connectivity index (χ4v) is 3.57. The second kappa shape index (κ2) is 11.1. The predicted octanol–water partition coefficient (Wildman–Crippen LogP) is 5.70. The van der Waals surface area contributed by atoms with E-state index in [1.165, 1.54) is 5.56 Å². The first-order chi connectivity index (χ1) is 14.2. The molecule has 0 bridgehead atoms. The van der Waals surface area contributed by atoms with E-state index in [0.717, 1.165) is 17.0 Å². The summed E-state index contributed by atoms with van der Waals surface area (Å²) in [5, 5.41) is 2.82. The molecular formula is C24H32N2O3S. The van der Waals surface area contributed by atoms with Crippen molar-refractivity contribution in [3.63, 3.8) is 0 Å². The number of carbonyl (C=O) groups is 2. The van der Waals surface area contributed by atoms with E-state index in [0.29, 0.717) is 13.1 Å². The summed E-state index contributed by atoms with van der Waals surface area (Å²) in [6, 6.07) is 17.7. The van der Waals surface area contributed by atoms with Crippen LogP contribution in [0.15, 0.2) is 54.6 Å². The molecule has 0 aliphatic heterocycles. The lowest BCUT2D eigenvalue weighted by atomic mass is 10.1. The van der Waals surface area contributed by atoms with Crippen LogP contribution in [0.1, 0.15) is 45.7 Å². The zero-order chi connectivity index (χ0) is 22.1. The maximum atomic E-state index is 12.7. The number of nitrogens with zero attached hydrogens (tertiary/aromatic N) is 1. The van der Waals surface area contributed by atoms with Crippen LogP contribution in [-0.4, -0.2) is 34.3 Å². The maximum absolute atomic E-state index is 12.7. The van der Waals surface area contributed by atoms with E-state index < -0.39 is 5.60 Å². The minimum atomic E-state index is -0.552. The zero-order valence-electron chi connectivity index (χ0n) is 18.5. The predicted molar refractivity (Wildman–Crippen MR) is 125 cm³/mol. The van der Waals surface area contributed by atoms with Gasteiger partial charge in [0.05, 0.1) is 11.8 Å². The third kappa shape index (κ3) is 7.75. The lowest BCUT2D eigenvalue weighted by molar-refractivity contribution is -0.115. The van der Waals surface area contributed by atoms with E-state index in [1.807, 2.05) is 77.1 Å². The van der Waals surface area contributed by atoms with Gasteiger partial charge in [0, 0.05) is 18.0 Å². The molecule has 162 valence electrons. The van der Waals surface area contributed by atoms with Gasteiger partial charge < -0.3 is 15.0 Å². The van der Waals surface area contributed by atoms with Crippen LogP contribution in [0.2, 0.25) is 0 Å². The monoisotopic (exact) mass is 428 g/mol. The number of ether oxygens (including phenoxy) is 1. The molecule has 30 heavy (non-hydrogen) atoms. The fourth-order valence-electron chi connectivity index (χ4n) is 2.72. The molecule has 6 heteroatoms. The highest BCUT2D eigenvalue weighted by Gasteiger charge is 2.22. The summed E-state index contributed by atoms with van der Waals surface area (Å²) in [6.07, 6.45) is -0.363. The standard InChI is InChI=1S/C24H32N2O3S/c1-6-26(23(28)29-24(3,4)5)16-20-14-10-11-15-21(20)25-22(27)18(2)30-17-19-12-8-7-9-13-19/h7-15,18H,6,16-17H2,1-5H3,(H,25,27). The molecule has 0 aromatic heterocycles. The second-order valence-corrected chi connectivity index (χ2v) is 9.41. The molecule has 1 unspecified atom stereocenters. The van der Waals surface area contributed by atoms with Crippen molar-refractivity contribution in [1.29, 1.82) is 0 Å². The van der Waals surface area contributed by atoms with Crippen molar-refractivity contribution in [2.45, 2.75) is 57.8 Å². The first-order valence-corrected chi connectivity index (χ1v) is 11.3. The molecule has 0 aliphatic rings. The Kier molecular flexibility index (Phi) is 8.78. The van der Waals surface area contributed by atoms with Gasteiger partial charge in [-0.1, -0.05) is 48.5 Å². The van der Waals surface area contributed by atoms with Crippen molar-refractivity contribution < 1.29 is 14.3 Å². The minimum absolute atomic E-state index is 0.0521. The molecule has 1 N–H and O–H groups in total. The van der Waals surface area contributed by atoms with Gasteiger partial charge in [-0.15, -0.1) is 11.8 Å². The Bertz CT molecular complexity index is 834. The number of hydrogen-bond donors (Lipinski definition) is 1. The van der Waals surface area contributed by atoms with Gasteiger partial charge in [-0.25, -0.2) is 4.79 Å². The Morgan fingerprint density at radius 1 is 1.07 bits per heavy atom. The van der Waals surface area contributed by atoms with E-state index in [-0.39, 0.29) is 17.3 Å². The van der Waals surface area contributed by atoms with Crippen molar-refractivity contribution in [2.24, 2.45) is 0 Å². The van der Waals surface area contributed by atoms with E-state index in [9.17, 15) is 9.59 Å². The van der Waals surface area contributed by atoms with Crippen molar-refractivity contribution >= 4 is 29.4 Å².